The number of hydrogen-bond donors (Lipinski definition) is 3. The Labute approximate surface area is 338 Å². The fourth-order valence-corrected chi connectivity index (χ4v) is 8.86. The smallest absolute Gasteiger partial charge is 0.417 e. The van der Waals surface area contributed by atoms with Gasteiger partial charge in [-0.15, -0.1) is 0 Å². The molecule has 2 saturated carbocycles. The third-order valence-electron chi connectivity index (χ3n) is 12.1. The third kappa shape index (κ3) is 8.09. The van der Waals surface area contributed by atoms with Gasteiger partial charge in [0.05, 0.1) is 16.6 Å². The molecule has 2 saturated heterocycles. The van der Waals surface area contributed by atoms with Gasteiger partial charge in [0.15, 0.2) is 6.10 Å². The summed E-state index contributed by atoms with van der Waals surface area (Å²) in [5, 5.41) is 34.8. The van der Waals surface area contributed by atoms with Crippen LogP contribution in [0.4, 0.5) is 32.0 Å². The summed E-state index contributed by atoms with van der Waals surface area (Å²) in [6, 6.07) is 10.2. The number of carbonyl (C=O) groups is 2. The lowest BCUT2D eigenvalue weighted by Gasteiger charge is -2.53. The molecular formula is C42H41F6N3O9. The molecule has 60 heavy (non-hydrogen) atoms. The van der Waals surface area contributed by atoms with Crippen LogP contribution in [0, 0.1) is 11.3 Å². The summed E-state index contributed by atoms with van der Waals surface area (Å²) in [6.07, 6.45) is -12.8. The molecule has 0 unspecified atom stereocenters. The summed E-state index contributed by atoms with van der Waals surface area (Å²) < 4.78 is 106. The van der Waals surface area contributed by atoms with E-state index in [2.05, 4.69) is 16.7 Å². The van der Waals surface area contributed by atoms with Crippen LogP contribution in [0.2, 0.25) is 0 Å². The first kappa shape index (κ1) is 41.7. The number of fused-ring (bicyclic) bond motifs is 1. The summed E-state index contributed by atoms with van der Waals surface area (Å²) in [6.45, 7) is 4.19. The molecule has 4 fully saturated rings. The van der Waals surface area contributed by atoms with Crippen molar-refractivity contribution in [2.24, 2.45) is 11.3 Å². The molecule has 4 heterocycles. The highest BCUT2D eigenvalue weighted by Gasteiger charge is 2.50. The minimum absolute atomic E-state index is 0.00273. The number of aliphatic hydroxyl groups is 3. The van der Waals surface area contributed by atoms with Crippen molar-refractivity contribution in [3.8, 4) is 11.3 Å². The molecule has 0 amide bonds. The number of esters is 2. The number of ether oxygens (including phenoxy) is 3. The minimum Gasteiger partial charge on any atom is -0.459 e. The van der Waals surface area contributed by atoms with Crippen LogP contribution < -0.4 is 4.90 Å². The lowest BCUT2D eigenvalue weighted by Crippen LogP contribution is -2.60. The minimum atomic E-state index is -4.94. The van der Waals surface area contributed by atoms with Crippen molar-refractivity contribution in [3.63, 3.8) is 0 Å². The first-order valence-corrected chi connectivity index (χ1v) is 19.6. The van der Waals surface area contributed by atoms with Gasteiger partial charge >= 0.3 is 24.3 Å². The zero-order valence-corrected chi connectivity index (χ0v) is 31.9. The van der Waals surface area contributed by atoms with Gasteiger partial charge in [0, 0.05) is 41.2 Å². The van der Waals surface area contributed by atoms with Gasteiger partial charge < -0.3 is 39.0 Å². The number of halogens is 6. The van der Waals surface area contributed by atoms with Gasteiger partial charge in [-0.25, -0.2) is 14.6 Å². The quantitative estimate of drug-likeness (QED) is 0.0877. The summed E-state index contributed by atoms with van der Waals surface area (Å²) in [5.74, 6) is -1.62. The van der Waals surface area contributed by atoms with Gasteiger partial charge in [0.2, 0.25) is 6.29 Å². The van der Waals surface area contributed by atoms with Gasteiger partial charge in [0.1, 0.15) is 42.1 Å². The largest absolute Gasteiger partial charge is 0.459 e. The maximum Gasteiger partial charge on any atom is 0.417 e. The molecule has 2 aliphatic heterocycles. The van der Waals surface area contributed by atoms with Crippen molar-refractivity contribution in [1.82, 2.24) is 10.1 Å². The predicted molar refractivity (Wildman–Crippen MR) is 199 cm³/mol. The van der Waals surface area contributed by atoms with Crippen molar-refractivity contribution < 1.29 is 70.0 Å². The lowest BCUT2D eigenvalue weighted by atomic mass is 9.56. The van der Waals surface area contributed by atoms with Gasteiger partial charge in [0.25, 0.3) is 0 Å². The van der Waals surface area contributed by atoms with E-state index in [0.717, 1.165) is 50.2 Å². The van der Waals surface area contributed by atoms with Crippen molar-refractivity contribution in [2.75, 3.05) is 24.6 Å². The number of anilines is 1. The summed E-state index contributed by atoms with van der Waals surface area (Å²) in [4.78, 5) is 31.6. The molecule has 8 rings (SSSR count). The molecule has 2 aliphatic carbocycles. The molecule has 4 aromatic rings. The molecule has 320 valence electrons. The normalized spacial score (nSPS) is 24.6. The Morgan fingerprint density at radius 1 is 0.933 bits per heavy atom. The van der Waals surface area contributed by atoms with Crippen LogP contribution in [0.15, 0.2) is 65.7 Å². The fourth-order valence-electron chi connectivity index (χ4n) is 8.86. The second kappa shape index (κ2) is 15.8. The highest BCUT2D eigenvalue weighted by Crippen LogP contribution is 2.56. The first-order valence-electron chi connectivity index (χ1n) is 19.6. The van der Waals surface area contributed by atoms with Crippen molar-refractivity contribution >= 4 is 28.5 Å². The molecule has 18 heteroatoms. The van der Waals surface area contributed by atoms with Crippen LogP contribution in [-0.4, -0.2) is 87.8 Å². The Morgan fingerprint density at radius 3 is 2.30 bits per heavy atom. The van der Waals surface area contributed by atoms with E-state index < -0.39 is 71.8 Å². The molecule has 2 aromatic carbocycles. The number of aliphatic hydroxyl groups excluding tert-OH is 3. The Hall–Kier alpha value is -5.04. The molecule has 5 atom stereocenters. The van der Waals surface area contributed by atoms with E-state index in [1.807, 2.05) is 4.90 Å². The topological polar surface area (TPSA) is 165 Å². The van der Waals surface area contributed by atoms with E-state index in [1.54, 1.807) is 12.1 Å². The lowest BCUT2D eigenvalue weighted by molar-refractivity contribution is -0.279. The van der Waals surface area contributed by atoms with E-state index >= 15 is 0 Å². The molecule has 4 aliphatic rings. The molecule has 0 bridgehead atoms. The maximum absolute atomic E-state index is 14.5. The Morgan fingerprint density at radius 2 is 1.63 bits per heavy atom. The molecule has 1 spiro atoms. The first-order chi connectivity index (χ1) is 28.5. The van der Waals surface area contributed by atoms with Crippen LogP contribution in [0.3, 0.4) is 0 Å². The fraction of sp³-hybridized carbons (Fsp3) is 0.476. The van der Waals surface area contributed by atoms with Crippen LogP contribution >= 0.6 is 0 Å². The number of benzene rings is 2. The third-order valence-corrected chi connectivity index (χ3v) is 12.1. The zero-order valence-electron chi connectivity index (χ0n) is 31.9. The summed E-state index contributed by atoms with van der Waals surface area (Å²) >= 11 is 0. The van der Waals surface area contributed by atoms with E-state index in [9.17, 15) is 51.3 Å². The SMILES string of the molecule is C=CCOC(=O)[C@H]1O[C@@H](OC(=O)c2cc(C(F)(F)F)c3cc(N4CCC5(CC4)CC(Cc4c(-c6ccccc6C(F)(F)F)noc4C4CC4)C5)ccc3n2)[C@H](O)[C@@H](O)[C@@H]1O. The number of nitrogens with zero attached hydrogens (tertiary/aromatic N) is 3. The van der Waals surface area contributed by atoms with Gasteiger partial charge in [-0.2, -0.15) is 26.3 Å². The molecule has 3 N–H and O–H groups in total. The number of hydrogen-bond acceptors (Lipinski definition) is 12. The van der Waals surface area contributed by atoms with Crippen LogP contribution in [0.1, 0.15) is 77.4 Å². The Kier molecular flexibility index (Phi) is 11.0. The van der Waals surface area contributed by atoms with Gasteiger partial charge in [-0.1, -0.05) is 36.0 Å². The zero-order chi connectivity index (χ0) is 42.7. The van der Waals surface area contributed by atoms with Crippen molar-refractivity contribution in [2.45, 2.75) is 93.9 Å². The number of pyridine rings is 1. The Bertz CT molecular complexity index is 2280. The summed E-state index contributed by atoms with van der Waals surface area (Å²) in [7, 11) is 0. The van der Waals surface area contributed by atoms with Gasteiger partial charge in [-0.05, 0) is 86.6 Å². The number of aromatic nitrogens is 2. The monoisotopic (exact) mass is 845 g/mol. The molecule has 12 nitrogen and oxygen atoms in total. The molecular weight excluding hydrogens is 804 g/mol. The van der Waals surface area contributed by atoms with Crippen LogP contribution in [0.25, 0.3) is 22.2 Å². The van der Waals surface area contributed by atoms with Crippen LogP contribution in [-0.2, 0) is 37.8 Å². The molecule has 2 aromatic heterocycles. The highest BCUT2D eigenvalue weighted by molar-refractivity contribution is 5.94. The Balaban J connectivity index is 0.944. The van der Waals surface area contributed by atoms with Crippen LogP contribution in [0.5, 0.6) is 0 Å². The number of rotatable bonds is 10. The number of alkyl halides is 6. The number of piperidine rings is 1. The van der Waals surface area contributed by atoms with E-state index in [-0.39, 0.29) is 46.0 Å². The number of carbonyl (C=O) groups excluding carboxylic acids is 2. The highest BCUT2D eigenvalue weighted by atomic mass is 19.4. The maximum atomic E-state index is 14.5. The molecule has 0 radical (unpaired) electrons. The van der Waals surface area contributed by atoms with Crippen molar-refractivity contribution in [3.05, 3.63) is 89.3 Å². The summed E-state index contributed by atoms with van der Waals surface area (Å²) in [5.41, 5.74) is -1.43. The predicted octanol–water partition coefficient (Wildman–Crippen LogP) is 6.74. The van der Waals surface area contributed by atoms with Crippen molar-refractivity contribution in [1.29, 1.82) is 0 Å². The second-order valence-electron chi connectivity index (χ2n) is 16.1. The average molecular weight is 846 g/mol. The second-order valence-corrected chi connectivity index (χ2v) is 16.1. The van der Waals surface area contributed by atoms with Gasteiger partial charge in [-0.3, -0.25) is 0 Å². The average Bonchev–Trinajstić information content (AvgIpc) is 3.97. The van der Waals surface area contributed by atoms with E-state index in [4.69, 9.17) is 18.7 Å². The van der Waals surface area contributed by atoms with E-state index in [0.29, 0.717) is 37.0 Å². The van der Waals surface area contributed by atoms with E-state index in [1.165, 1.54) is 30.3 Å². The standard InChI is InChI=1S/C42H41F6N3O9/c1-2-15-57-38(56)36-33(53)32(52)34(54)39(58-36)59-37(55)30-18-28(42(46,47)48)25-17-23(9-10-29(25)49-30)51-13-11-40(12-14-51)19-21(20-40)16-26-31(50-60-35(26)22-7-8-22)24-5-3-4-6-27(24)41(43,44)45/h2-6,9-10,17-18,21-22,32-34,36,39,52-54H,1,7-8,11-16,19-20H2/t32-,33-,34+,36-,39-/m0/s1.